The first-order valence-electron chi connectivity index (χ1n) is 6.17. The molecule has 16 heavy (non-hydrogen) atoms. The van der Waals surface area contributed by atoms with Crippen molar-refractivity contribution in [3.05, 3.63) is 24.0 Å². The smallest absolute Gasteiger partial charge is 0.0541 e. The van der Waals surface area contributed by atoms with Gasteiger partial charge in [-0.05, 0) is 50.9 Å². The van der Waals surface area contributed by atoms with E-state index in [4.69, 9.17) is 0 Å². The van der Waals surface area contributed by atoms with Crippen LogP contribution in [-0.2, 0) is 13.6 Å². The van der Waals surface area contributed by atoms with Crippen molar-refractivity contribution in [2.24, 2.45) is 13.0 Å². The Kier molecular flexibility index (Phi) is 3.66. The summed E-state index contributed by atoms with van der Waals surface area (Å²) in [6.45, 7) is 5.18. The Hall–Kier alpha value is -0.800. The van der Waals surface area contributed by atoms with Gasteiger partial charge in [-0.2, -0.15) is 0 Å². The first-order chi connectivity index (χ1) is 7.66. The summed E-state index contributed by atoms with van der Waals surface area (Å²) in [6, 6.07) is 4.28. The molecule has 0 spiro atoms. The number of aliphatic hydroxyl groups is 1. The van der Waals surface area contributed by atoms with Crippen LogP contribution in [0.15, 0.2) is 18.3 Å². The maximum Gasteiger partial charge on any atom is 0.0541 e. The molecule has 1 unspecified atom stereocenters. The number of aryl methyl sites for hydroxylation is 1. The lowest BCUT2D eigenvalue weighted by Crippen LogP contribution is -2.36. The average molecular weight is 222 g/mol. The highest BCUT2D eigenvalue weighted by Gasteiger charge is 2.22. The molecular formula is C13H22N2O. The van der Waals surface area contributed by atoms with Gasteiger partial charge < -0.3 is 9.67 Å². The van der Waals surface area contributed by atoms with Crippen LogP contribution in [-0.4, -0.2) is 33.8 Å². The van der Waals surface area contributed by atoms with Crippen LogP contribution >= 0.6 is 0 Å². The quantitative estimate of drug-likeness (QED) is 0.842. The molecule has 1 aromatic heterocycles. The van der Waals surface area contributed by atoms with Crippen LogP contribution in [0.3, 0.4) is 0 Å². The first-order valence-corrected chi connectivity index (χ1v) is 6.17. The SMILES string of the molecule is CC(O)C1CCN(Cc2cccn2C)CC1. The third-order valence-electron chi connectivity index (χ3n) is 3.75. The zero-order valence-electron chi connectivity index (χ0n) is 10.3. The molecule has 1 saturated heterocycles. The van der Waals surface area contributed by atoms with E-state index in [1.54, 1.807) is 0 Å². The lowest BCUT2D eigenvalue weighted by atomic mass is 9.92. The number of aromatic nitrogens is 1. The highest BCUT2D eigenvalue weighted by molar-refractivity contribution is 5.06. The largest absolute Gasteiger partial charge is 0.393 e. The minimum absolute atomic E-state index is 0.141. The molecule has 0 aromatic carbocycles. The fourth-order valence-corrected chi connectivity index (χ4v) is 2.48. The summed E-state index contributed by atoms with van der Waals surface area (Å²) in [4.78, 5) is 2.48. The second-order valence-corrected chi connectivity index (χ2v) is 4.96. The predicted molar refractivity (Wildman–Crippen MR) is 65.1 cm³/mol. The zero-order valence-corrected chi connectivity index (χ0v) is 10.3. The molecular weight excluding hydrogens is 200 g/mol. The van der Waals surface area contributed by atoms with Gasteiger partial charge in [0.25, 0.3) is 0 Å². The van der Waals surface area contributed by atoms with Crippen molar-refractivity contribution in [1.29, 1.82) is 0 Å². The number of rotatable bonds is 3. The number of aliphatic hydroxyl groups excluding tert-OH is 1. The number of hydrogen-bond donors (Lipinski definition) is 1. The van der Waals surface area contributed by atoms with Gasteiger partial charge in [0.15, 0.2) is 0 Å². The molecule has 1 aliphatic heterocycles. The maximum absolute atomic E-state index is 9.54. The Morgan fingerprint density at radius 2 is 2.12 bits per heavy atom. The molecule has 1 fully saturated rings. The van der Waals surface area contributed by atoms with E-state index in [1.165, 1.54) is 5.69 Å². The molecule has 90 valence electrons. The number of nitrogens with zero attached hydrogens (tertiary/aromatic N) is 2. The van der Waals surface area contributed by atoms with Crippen molar-refractivity contribution in [2.45, 2.75) is 32.4 Å². The van der Waals surface area contributed by atoms with Crippen LogP contribution in [0.5, 0.6) is 0 Å². The Morgan fingerprint density at radius 1 is 1.44 bits per heavy atom. The van der Waals surface area contributed by atoms with E-state index in [0.29, 0.717) is 5.92 Å². The van der Waals surface area contributed by atoms with Gasteiger partial charge >= 0.3 is 0 Å². The molecule has 3 heteroatoms. The second-order valence-electron chi connectivity index (χ2n) is 4.96. The molecule has 1 aliphatic rings. The van der Waals surface area contributed by atoms with Gasteiger partial charge in [0.05, 0.1) is 6.10 Å². The topological polar surface area (TPSA) is 28.4 Å². The summed E-state index contributed by atoms with van der Waals surface area (Å²) in [6.07, 6.45) is 4.21. The molecule has 0 bridgehead atoms. The van der Waals surface area contributed by atoms with Crippen LogP contribution in [0.4, 0.5) is 0 Å². The average Bonchev–Trinajstić information content (AvgIpc) is 2.65. The second kappa shape index (κ2) is 5.02. The Labute approximate surface area is 97.7 Å². The van der Waals surface area contributed by atoms with Crippen molar-refractivity contribution in [2.75, 3.05) is 13.1 Å². The van der Waals surface area contributed by atoms with Gasteiger partial charge in [0.1, 0.15) is 0 Å². The summed E-state index contributed by atoms with van der Waals surface area (Å²) >= 11 is 0. The third kappa shape index (κ3) is 2.66. The number of likely N-dealkylation sites (tertiary alicyclic amines) is 1. The summed E-state index contributed by atoms with van der Waals surface area (Å²) in [5.41, 5.74) is 1.37. The van der Waals surface area contributed by atoms with Crippen LogP contribution in [0.1, 0.15) is 25.5 Å². The van der Waals surface area contributed by atoms with Gasteiger partial charge in [-0.1, -0.05) is 0 Å². The third-order valence-corrected chi connectivity index (χ3v) is 3.75. The lowest BCUT2D eigenvalue weighted by molar-refractivity contribution is 0.0689. The van der Waals surface area contributed by atoms with Crippen LogP contribution in [0.2, 0.25) is 0 Å². The molecule has 2 heterocycles. The van der Waals surface area contributed by atoms with E-state index in [0.717, 1.165) is 32.5 Å². The number of piperidine rings is 1. The molecule has 0 aliphatic carbocycles. The Morgan fingerprint density at radius 3 is 2.62 bits per heavy atom. The van der Waals surface area contributed by atoms with E-state index in [9.17, 15) is 5.11 Å². The molecule has 2 rings (SSSR count). The van der Waals surface area contributed by atoms with E-state index < -0.39 is 0 Å². The Balaban J connectivity index is 1.84. The zero-order chi connectivity index (χ0) is 11.5. The van der Waals surface area contributed by atoms with Crippen LogP contribution < -0.4 is 0 Å². The van der Waals surface area contributed by atoms with E-state index in [2.05, 4.69) is 34.8 Å². The van der Waals surface area contributed by atoms with Crippen molar-refractivity contribution in [1.82, 2.24) is 9.47 Å². The molecule has 1 N–H and O–H groups in total. The first kappa shape index (κ1) is 11.7. The lowest BCUT2D eigenvalue weighted by Gasteiger charge is -2.33. The summed E-state index contributed by atoms with van der Waals surface area (Å²) < 4.78 is 2.18. The number of hydrogen-bond acceptors (Lipinski definition) is 2. The monoisotopic (exact) mass is 222 g/mol. The highest BCUT2D eigenvalue weighted by Crippen LogP contribution is 2.21. The normalized spacial score (nSPS) is 21.2. The van der Waals surface area contributed by atoms with Gasteiger partial charge in [-0.3, -0.25) is 4.90 Å². The molecule has 0 saturated carbocycles. The van der Waals surface area contributed by atoms with Crippen molar-refractivity contribution in [3.8, 4) is 0 Å². The molecule has 1 atom stereocenters. The van der Waals surface area contributed by atoms with Gasteiger partial charge in [0, 0.05) is 25.5 Å². The van der Waals surface area contributed by atoms with Gasteiger partial charge in [0.2, 0.25) is 0 Å². The van der Waals surface area contributed by atoms with Crippen LogP contribution in [0, 0.1) is 5.92 Å². The fraction of sp³-hybridized carbons (Fsp3) is 0.692. The van der Waals surface area contributed by atoms with E-state index in [-0.39, 0.29) is 6.10 Å². The molecule has 1 aromatic rings. The minimum Gasteiger partial charge on any atom is -0.393 e. The Bertz CT molecular complexity index is 324. The predicted octanol–water partition coefficient (Wildman–Crippen LogP) is 1.62. The highest BCUT2D eigenvalue weighted by atomic mass is 16.3. The summed E-state index contributed by atoms with van der Waals surface area (Å²) in [7, 11) is 2.10. The fourth-order valence-electron chi connectivity index (χ4n) is 2.48. The van der Waals surface area contributed by atoms with Crippen molar-refractivity contribution >= 4 is 0 Å². The van der Waals surface area contributed by atoms with E-state index >= 15 is 0 Å². The van der Waals surface area contributed by atoms with E-state index in [1.807, 2.05) is 6.92 Å². The minimum atomic E-state index is -0.141. The maximum atomic E-state index is 9.54. The van der Waals surface area contributed by atoms with Crippen molar-refractivity contribution < 1.29 is 5.11 Å². The summed E-state index contributed by atoms with van der Waals surface area (Å²) in [5.74, 6) is 0.504. The van der Waals surface area contributed by atoms with Crippen LogP contribution in [0.25, 0.3) is 0 Å². The molecule has 0 radical (unpaired) electrons. The summed E-state index contributed by atoms with van der Waals surface area (Å²) in [5, 5.41) is 9.54. The van der Waals surface area contributed by atoms with Gasteiger partial charge in [-0.25, -0.2) is 0 Å². The standard InChI is InChI=1S/C13H22N2O/c1-11(16)12-5-8-15(9-6-12)10-13-4-3-7-14(13)2/h3-4,7,11-12,16H,5-6,8-10H2,1-2H3. The van der Waals surface area contributed by atoms with Crippen molar-refractivity contribution in [3.63, 3.8) is 0 Å². The van der Waals surface area contributed by atoms with Gasteiger partial charge in [-0.15, -0.1) is 0 Å². The molecule has 0 amide bonds. The molecule has 3 nitrogen and oxygen atoms in total.